The quantitative estimate of drug-likeness (QED) is 0.195. The molecule has 0 radical (unpaired) electrons. The molecule has 0 aliphatic rings. The molecule has 0 saturated heterocycles. The zero-order valence-electron chi connectivity index (χ0n) is 21.6. The molecule has 0 bridgehead atoms. The maximum atomic E-state index is 9.64. The second-order valence-corrected chi connectivity index (χ2v) is 20.1. The van der Waals surface area contributed by atoms with Crippen molar-refractivity contribution in [2.45, 2.75) is 102 Å². The fourth-order valence-corrected chi connectivity index (χ4v) is 12.9. The average Bonchev–Trinajstić information content (AvgIpc) is 2.72. The van der Waals surface area contributed by atoms with Gasteiger partial charge >= 0.3 is 0 Å². The van der Waals surface area contributed by atoms with Gasteiger partial charge in [-0.1, -0.05) is 75.6 Å². The van der Waals surface area contributed by atoms with Gasteiger partial charge in [-0.25, -0.2) is 0 Å². The molecule has 0 spiro atoms. The Morgan fingerprint density at radius 1 is 0.606 bits per heavy atom. The molecule has 0 saturated carbocycles. The van der Waals surface area contributed by atoms with Crippen LogP contribution < -0.4 is 0 Å². The molecule has 5 heteroatoms. The van der Waals surface area contributed by atoms with Gasteiger partial charge in [0.1, 0.15) is 11.5 Å². The summed E-state index contributed by atoms with van der Waals surface area (Å²) in [6.07, 6.45) is 11.5. The minimum absolute atomic E-state index is 0.303. The van der Waals surface area contributed by atoms with Crippen molar-refractivity contribution in [1.82, 2.24) is 0 Å². The van der Waals surface area contributed by atoms with E-state index >= 15 is 0 Å². The number of phenolic OH excluding ortho intramolecular Hbond substituents is 2. The summed E-state index contributed by atoms with van der Waals surface area (Å²) in [5.74, 6) is 0.910. The molecule has 0 atom stereocenters. The minimum atomic E-state index is -1.46. The van der Waals surface area contributed by atoms with Crippen LogP contribution in [-0.4, -0.2) is 26.8 Å². The Morgan fingerprint density at radius 2 is 1.00 bits per heavy atom. The molecule has 0 heterocycles. The third kappa shape index (κ3) is 11.4. The molecule has 0 aliphatic carbocycles. The van der Waals surface area contributed by atoms with Crippen molar-refractivity contribution in [2.24, 2.45) is 0 Å². The second-order valence-electron chi connectivity index (χ2n) is 11.1. The number of hydrogen-bond donors (Lipinski definition) is 2. The molecule has 0 aliphatic heterocycles. The highest BCUT2D eigenvalue weighted by Crippen LogP contribution is 2.32. The Kier molecular flexibility index (Phi) is 11.2. The van der Waals surface area contributed by atoms with E-state index in [9.17, 15) is 10.2 Å². The number of aromatic hydroxyl groups is 2. The van der Waals surface area contributed by atoms with Crippen molar-refractivity contribution >= 4 is 16.6 Å². The first kappa shape index (κ1) is 27.7. The van der Waals surface area contributed by atoms with Gasteiger partial charge in [-0.15, -0.1) is 0 Å². The molecule has 0 unspecified atom stereocenters. The van der Waals surface area contributed by atoms with Gasteiger partial charge in [-0.3, -0.25) is 0 Å². The van der Waals surface area contributed by atoms with Crippen molar-refractivity contribution in [3.05, 3.63) is 59.7 Å². The maximum absolute atomic E-state index is 9.64. The van der Waals surface area contributed by atoms with Crippen LogP contribution in [0.25, 0.3) is 0 Å². The lowest BCUT2D eigenvalue weighted by atomic mass is 9.86. The van der Waals surface area contributed by atoms with Crippen LogP contribution in [-0.2, 0) is 4.12 Å². The molecule has 2 N–H and O–H groups in total. The van der Waals surface area contributed by atoms with Gasteiger partial charge in [0.2, 0.25) is 0 Å². The van der Waals surface area contributed by atoms with E-state index in [1.54, 1.807) is 24.3 Å². The predicted molar refractivity (Wildman–Crippen MR) is 146 cm³/mol. The largest absolute Gasteiger partial charge is 0.508 e. The normalized spacial score (nSPS) is 12.4. The Balaban J connectivity index is 1.65. The first-order valence-electron chi connectivity index (χ1n) is 12.8. The number of hydrogen-bond acceptors (Lipinski definition) is 3. The number of rotatable bonds is 15. The molecular weight excluding hydrogens is 440 g/mol. The van der Waals surface area contributed by atoms with Crippen LogP contribution >= 0.6 is 0 Å². The smallest absolute Gasteiger partial charge is 0.173 e. The summed E-state index contributed by atoms with van der Waals surface area (Å²) >= 11 is 0. The van der Waals surface area contributed by atoms with Crippen LogP contribution in [0.1, 0.15) is 74.8 Å². The summed E-state index contributed by atoms with van der Waals surface area (Å²) < 4.78 is 6.44. The monoisotopic (exact) mass is 486 g/mol. The van der Waals surface area contributed by atoms with E-state index in [4.69, 9.17) is 4.12 Å². The van der Waals surface area contributed by atoms with Crippen LogP contribution in [0.5, 0.6) is 11.5 Å². The lowest BCUT2D eigenvalue weighted by molar-refractivity contribution is 0.474. The molecule has 33 heavy (non-hydrogen) atoms. The molecule has 184 valence electrons. The van der Waals surface area contributed by atoms with Gasteiger partial charge in [0.05, 0.1) is 0 Å². The van der Waals surface area contributed by atoms with Crippen LogP contribution in [0.2, 0.25) is 38.8 Å². The van der Waals surface area contributed by atoms with E-state index in [0.717, 1.165) is 6.42 Å². The van der Waals surface area contributed by atoms with Crippen molar-refractivity contribution < 1.29 is 14.3 Å². The van der Waals surface area contributed by atoms with Crippen LogP contribution in [0, 0.1) is 0 Å². The minimum Gasteiger partial charge on any atom is -0.508 e. The first-order chi connectivity index (χ1) is 15.6. The van der Waals surface area contributed by atoms with Crippen LogP contribution in [0.4, 0.5) is 0 Å². The van der Waals surface area contributed by atoms with Crippen molar-refractivity contribution in [3.8, 4) is 11.5 Å². The number of unbranched alkanes of at least 4 members (excludes halogenated alkanes) is 7. The lowest BCUT2D eigenvalue weighted by Gasteiger charge is -2.31. The summed E-state index contributed by atoms with van der Waals surface area (Å²) in [5, 5.41) is 19.3. The zero-order chi connectivity index (χ0) is 24.3. The molecular formula is C28H46O3Si2. The molecule has 3 nitrogen and oxygen atoms in total. The molecule has 2 aromatic rings. The average molecular weight is 487 g/mol. The summed E-state index contributed by atoms with van der Waals surface area (Å²) in [4.78, 5) is 0. The molecule has 0 fully saturated rings. The SMILES string of the molecule is C[Si](C)(C)O[Si](C)(C)CCCCCCCCCCC(c1ccc(O)cc1)c1ccc(O)cc1. The Labute approximate surface area is 204 Å². The lowest BCUT2D eigenvalue weighted by Crippen LogP contribution is -2.42. The van der Waals surface area contributed by atoms with E-state index in [-0.39, 0.29) is 0 Å². The van der Waals surface area contributed by atoms with E-state index in [2.05, 4.69) is 32.7 Å². The third-order valence-corrected chi connectivity index (χ3v) is 12.4. The zero-order valence-corrected chi connectivity index (χ0v) is 23.6. The molecule has 0 amide bonds. The maximum Gasteiger partial charge on any atom is 0.173 e. The van der Waals surface area contributed by atoms with Crippen LogP contribution in [0.3, 0.4) is 0 Å². The predicted octanol–water partition coefficient (Wildman–Crippen LogP) is 8.80. The summed E-state index contributed by atoms with van der Waals surface area (Å²) in [6.45, 7) is 11.7. The Morgan fingerprint density at radius 3 is 1.42 bits per heavy atom. The standard InChI is InChI=1S/C28H46O3Si2/c1-32(2,3)31-33(4,5)23-13-11-9-7-6-8-10-12-14-28(24-15-19-26(29)20-16-24)25-17-21-27(30)22-18-25/h15-22,28-30H,6-14,23H2,1-5H3. The number of phenols is 2. The fraction of sp³-hybridized carbons (Fsp3) is 0.571. The van der Waals surface area contributed by atoms with Crippen molar-refractivity contribution in [2.75, 3.05) is 0 Å². The van der Waals surface area contributed by atoms with Crippen molar-refractivity contribution in [3.63, 3.8) is 0 Å². The fourth-order valence-electron chi connectivity index (χ4n) is 4.78. The Bertz CT molecular complexity index is 750. The van der Waals surface area contributed by atoms with Gasteiger partial charge in [0.25, 0.3) is 0 Å². The van der Waals surface area contributed by atoms with Gasteiger partial charge in [0.15, 0.2) is 16.6 Å². The highest BCUT2D eigenvalue weighted by atomic mass is 28.4. The summed E-state index contributed by atoms with van der Waals surface area (Å²) in [7, 11) is -2.87. The Hall–Kier alpha value is -1.57. The first-order valence-corrected chi connectivity index (χ1v) is 19.4. The third-order valence-electron chi connectivity index (χ3n) is 6.20. The second kappa shape index (κ2) is 13.4. The van der Waals surface area contributed by atoms with E-state index in [1.807, 2.05) is 24.3 Å². The summed E-state index contributed by atoms with van der Waals surface area (Å²) in [6, 6.07) is 16.4. The van der Waals surface area contributed by atoms with Gasteiger partial charge in [-0.2, -0.15) is 0 Å². The van der Waals surface area contributed by atoms with Gasteiger partial charge < -0.3 is 14.3 Å². The molecule has 2 rings (SSSR count). The summed E-state index contributed by atoms with van der Waals surface area (Å²) in [5.41, 5.74) is 2.45. The van der Waals surface area contributed by atoms with Crippen LogP contribution in [0.15, 0.2) is 48.5 Å². The van der Waals surface area contributed by atoms with Crippen molar-refractivity contribution in [1.29, 1.82) is 0 Å². The topological polar surface area (TPSA) is 49.7 Å². The van der Waals surface area contributed by atoms with Gasteiger partial charge in [0, 0.05) is 5.92 Å². The molecule has 2 aromatic carbocycles. The van der Waals surface area contributed by atoms with E-state index in [1.165, 1.54) is 68.5 Å². The van der Waals surface area contributed by atoms with Gasteiger partial charge in [-0.05, 0) is 80.6 Å². The molecule has 0 aromatic heterocycles. The highest BCUT2D eigenvalue weighted by Gasteiger charge is 2.28. The highest BCUT2D eigenvalue weighted by molar-refractivity contribution is 6.84. The van der Waals surface area contributed by atoms with E-state index in [0.29, 0.717) is 17.4 Å². The number of benzene rings is 2. The van der Waals surface area contributed by atoms with E-state index < -0.39 is 16.6 Å².